The number of benzene rings is 2. The number of piperazine rings is 1. The van der Waals surface area contributed by atoms with Crippen molar-refractivity contribution in [2.24, 2.45) is 0 Å². The number of aromatic nitrogens is 4. The molecule has 0 saturated carbocycles. The molecular formula is C28H32N8O9P2. The Balaban J connectivity index is 1.48. The second-order valence-electron chi connectivity index (χ2n) is 10.7. The molecule has 0 atom stereocenters. The summed E-state index contributed by atoms with van der Waals surface area (Å²) < 4.78 is 29.1. The van der Waals surface area contributed by atoms with Crippen LogP contribution in [0.4, 0.5) is 23.0 Å². The quantitative estimate of drug-likeness (QED) is 0.0519. The number of hydrogen-bond donors (Lipinski definition) is 7. The number of aromatic amines is 1. The van der Waals surface area contributed by atoms with Gasteiger partial charge in [0.2, 0.25) is 11.9 Å². The first-order chi connectivity index (χ1) is 22.2. The van der Waals surface area contributed by atoms with Gasteiger partial charge in [-0.1, -0.05) is 18.7 Å². The fraction of sp³-hybridized carbons (Fsp3) is 0.250. The normalized spacial score (nSPS) is 14.3. The Hall–Kier alpha value is -4.47. The maximum atomic E-state index is 12.9. The third kappa shape index (κ3) is 8.28. The SMILES string of the molecule is C=CC(=O)Nc1cccc(-c2nc(Nc3ccc(N4CCN(C)CC4)c(OC(=O)CC(P(=O)(O)O)P(=O)(O)O)c3)nc3[nH]ncc23)c1. The van der Waals surface area contributed by atoms with Crippen LogP contribution in [-0.2, 0) is 18.7 Å². The van der Waals surface area contributed by atoms with E-state index in [1.165, 1.54) is 6.07 Å². The minimum Gasteiger partial charge on any atom is -0.424 e. The molecule has 248 valence electrons. The van der Waals surface area contributed by atoms with Crippen molar-refractivity contribution in [3.05, 3.63) is 61.3 Å². The molecule has 0 bridgehead atoms. The van der Waals surface area contributed by atoms with E-state index in [9.17, 15) is 38.3 Å². The summed E-state index contributed by atoms with van der Waals surface area (Å²) in [6.45, 7) is 6.05. The molecule has 47 heavy (non-hydrogen) atoms. The summed E-state index contributed by atoms with van der Waals surface area (Å²) >= 11 is 0. The summed E-state index contributed by atoms with van der Waals surface area (Å²) in [6.07, 6.45) is 1.50. The molecule has 0 radical (unpaired) electrons. The number of hydrogen-bond acceptors (Lipinski definition) is 11. The van der Waals surface area contributed by atoms with Crippen molar-refractivity contribution < 1.29 is 43.0 Å². The average Bonchev–Trinajstić information content (AvgIpc) is 3.48. The molecule has 4 aromatic rings. The molecule has 5 rings (SSSR count). The van der Waals surface area contributed by atoms with E-state index in [4.69, 9.17) is 4.74 Å². The summed E-state index contributed by atoms with van der Waals surface area (Å²) in [5, 5.41) is 10.7. The first kappa shape index (κ1) is 33.9. The van der Waals surface area contributed by atoms with E-state index in [0.29, 0.717) is 65.5 Å². The van der Waals surface area contributed by atoms with Crippen LogP contribution in [0.5, 0.6) is 5.75 Å². The van der Waals surface area contributed by atoms with Gasteiger partial charge in [0.15, 0.2) is 16.8 Å². The van der Waals surface area contributed by atoms with Crippen molar-refractivity contribution in [1.29, 1.82) is 0 Å². The summed E-state index contributed by atoms with van der Waals surface area (Å²) in [6, 6.07) is 11.8. The molecule has 2 aromatic carbocycles. The fourth-order valence-electron chi connectivity index (χ4n) is 4.91. The van der Waals surface area contributed by atoms with Gasteiger partial charge in [-0.2, -0.15) is 10.1 Å². The molecule has 1 aliphatic rings. The van der Waals surface area contributed by atoms with Gasteiger partial charge in [-0.3, -0.25) is 23.8 Å². The zero-order chi connectivity index (χ0) is 33.9. The summed E-state index contributed by atoms with van der Waals surface area (Å²) in [5.41, 5.74) is 2.91. The highest BCUT2D eigenvalue weighted by atomic mass is 31.2. The minimum absolute atomic E-state index is 0.00627. The van der Waals surface area contributed by atoms with Crippen LogP contribution in [0.25, 0.3) is 22.3 Å². The summed E-state index contributed by atoms with van der Waals surface area (Å²) in [5.74, 6) is -1.50. The van der Waals surface area contributed by atoms with Gasteiger partial charge in [0.25, 0.3) is 0 Å². The standard InChI is InChI=1S/C28H32N8O9P2/c1-3-23(37)30-18-6-4-5-17(13-18)26-20-16-29-34-27(20)33-28(32-26)31-19-7-8-21(36-11-9-35(2)10-12-36)22(14-19)45-24(38)15-25(46(39,40)41)47(42,43)44/h3-8,13-14,16,25H,1,9-12,15H2,2H3,(H,30,37)(H2,39,40,41)(H2,42,43,44)(H2,29,31,32,33,34). The summed E-state index contributed by atoms with van der Waals surface area (Å²) in [4.78, 5) is 75.9. The van der Waals surface area contributed by atoms with E-state index in [-0.39, 0.29) is 17.6 Å². The van der Waals surface area contributed by atoms with Crippen LogP contribution in [0.1, 0.15) is 6.42 Å². The molecule has 1 fully saturated rings. The average molecular weight is 687 g/mol. The highest BCUT2D eigenvalue weighted by molar-refractivity contribution is 7.70. The van der Waals surface area contributed by atoms with Crippen LogP contribution in [0, 0.1) is 0 Å². The van der Waals surface area contributed by atoms with Crippen LogP contribution in [-0.4, -0.2) is 95.1 Å². The Labute approximate surface area is 268 Å². The van der Waals surface area contributed by atoms with Gasteiger partial charge in [-0.15, -0.1) is 0 Å². The topological polar surface area (TPSA) is 243 Å². The number of nitrogens with zero attached hydrogens (tertiary/aromatic N) is 5. The third-order valence-corrected chi connectivity index (χ3v) is 11.0. The Morgan fingerprint density at radius 3 is 2.45 bits per heavy atom. The molecule has 1 aliphatic heterocycles. The van der Waals surface area contributed by atoms with Crippen LogP contribution in [0.15, 0.2) is 61.3 Å². The molecule has 1 saturated heterocycles. The first-order valence-corrected chi connectivity index (χ1v) is 17.5. The molecule has 7 N–H and O–H groups in total. The van der Waals surface area contributed by atoms with E-state index < -0.39 is 33.0 Å². The van der Waals surface area contributed by atoms with Crippen LogP contribution >= 0.6 is 15.2 Å². The molecule has 0 spiro atoms. The van der Waals surface area contributed by atoms with Gasteiger partial charge < -0.3 is 44.7 Å². The molecule has 1 amide bonds. The fourth-order valence-corrected chi connectivity index (χ4v) is 7.25. The highest BCUT2D eigenvalue weighted by Crippen LogP contribution is 2.61. The third-order valence-electron chi connectivity index (χ3n) is 7.31. The maximum absolute atomic E-state index is 12.9. The lowest BCUT2D eigenvalue weighted by atomic mass is 10.1. The van der Waals surface area contributed by atoms with Crippen molar-refractivity contribution >= 4 is 61.1 Å². The number of fused-ring (bicyclic) bond motifs is 1. The molecule has 17 nitrogen and oxygen atoms in total. The van der Waals surface area contributed by atoms with Crippen molar-refractivity contribution in [2.75, 3.05) is 48.8 Å². The number of H-pyrrole nitrogens is 1. The largest absolute Gasteiger partial charge is 0.424 e. The monoisotopic (exact) mass is 686 g/mol. The molecule has 0 aliphatic carbocycles. The van der Waals surface area contributed by atoms with E-state index in [0.717, 1.165) is 6.08 Å². The number of esters is 1. The van der Waals surface area contributed by atoms with E-state index in [1.807, 2.05) is 11.9 Å². The zero-order valence-corrected chi connectivity index (χ0v) is 26.8. The molecular weight excluding hydrogens is 654 g/mol. The molecule has 2 aromatic heterocycles. The number of rotatable bonds is 11. The number of anilines is 4. The van der Waals surface area contributed by atoms with Gasteiger partial charge in [0.1, 0.15) is 0 Å². The predicted octanol–water partition coefficient (Wildman–Crippen LogP) is 2.62. The van der Waals surface area contributed by atoms with Crippen LogP contribution in [0.3, 0.4) is 0 Å². The number of carbonyl (C=O) groups excluding carboxylic acids is 2. The van der Waals surface area contributed by atoms with E-state index in [1.54, 1.807) is 42.6 Å². The van der Waals surface area contributed by atoms with Crippen molar-refractivity contribution in [1.82, 2.24) is 25.1 Å². The Bertz CT molecular complexity index is 1890. The van der Waals surface area contributed by atoms with Gasteiger partial charge in [-0.05, 0) is 37.4 Å². The van der Waals surface area contributed by atoms with E-state index in [2.05, 4.69) is 42.3 Å². The van der Waals surface area contributed by atoms with Gasteiger partial charge >= 0.3 is 21.2 Å². The Kier molecular flexibility index (Phi) is 9.89. The minimum atomic E-state index is -5.36. The predicted molar refractivity (Wildman–Crippen MR) is 174 cm³/mol. The summed E-state index contributed by atoms with van der Waals surface area (Å²) in [7, 11) is -8.74. The van der Waals surface area contributed by atoms with E-state index >= 15 is 0 Å². The van der Waals surface area contributed by atoms with Gasteiger partial charge in [0.05, 0.1) is 29.4 Å². The number of likely N-dealkylation sites (N-methyl/N-ethyl adjacent to an activating group) is 1. The first-order valence-electron chi connectivity index (χ1n) is 14.1. The van der Waals surface area contributed by atoms with Gasteiger partial charge in [0, 0.05) is 49.2 Å². The van der Waals surface area contributed by atoms with Crippen molar-refractivity contribution in [3.8, 4) is 17.0 Å². The second-order valence-corrected chi connectivity index (χ2v) is 14.7. The molecule has 3 heterocycles. The van der Waals surface area contributed by atoms with Crippen molar-refractivity contribution in [3.63, 3.8) is 0 Å². The lowest BCUT2D eigenvalue weighted by Crippen LogP contribution is -2.44. The number of nitrogens with one attached hydrogen (secondary N) is 3. The Morgan fingerprint density at radius 1 is 1.04 bits per heavy atom. The lowest BCUT2D eigenvalue weighted by Gasteiger charge is -2.34. The van der Waals surface area contributed by atoms with Gasteiger partial charge in [-0.25, -0.2) is 4.98 Å². The lowest BCUT2D eigenvalue weighted by molar-refractivity contribution is -0.134. The number of ether oxygens (including phenoxy) is 1. The highest BCUT2D eigenvalue weighted by Gasteiger charge is 2.45. The number of amides is 1. The second kappa shape index (κ2) is 13.7. The van der Waals surface area contributed by atoms with Crippen LogP contribution < -0.4 is 20.3 Å². The van der Waals surface area contributed by atoms with Crippen LogP contribution in [0.2, 0.25) is 0 Å². The maximum Gasteiger partial charge on any atom is 0.341 e. The number of carbonyl (C=O) groups is 2. The molecule has 0 unspecified atom stereocenters. The zero-order valence-electron chi connectivity index (χ0n) is 25.0. The van der Waals surface area contributed by atoms with Crippen molar-refractivity contribution in [2.45, 2.75) is 11.8 Å². The Morgan fingerprint density at radius 2 is 1.77 bits per heavy atom. The molecule has 19 heteroatoms. The smallest absolute Gasteiger partial charge is 0.341 e.